The number of hydrogen-bond donors (Lipinski definition) is 3. The second kappa shape index (κ2) is 9.91. The number of rotatable bonds is 5. The molecule has 4 aromatic carbocycles. The Bertz CT molecular complexity index is 1710. The SMILES string of the molecule is NS(=O)(=O)c1ccccc1NC(=S)NN=C1C(=O)N(Cc2ccc3ccccc3c2)c2cc(Cl)ccc21. The van der Waals surface area contributed by atoms with Crippen LogP contribution in [0.15, 0.2) is 94.9 Å². The lowest BCUT2D eigenvalue weighted by atomic mass is 10.1. The molecule has 0 spiro atoms. The van der Waals surface area contributed by atoms with Crippen molar-refractivity contribution < 1.29 is 13.2 Å². The third kappa shape index (κ3) is 5.18. The van der Waals surface area contributed by atoms with E-state index in [-0.39, 0.29) is 27.3 Å². The summed E-state index contributed by atoms with van der Waals surface area (Å²) in [7, 11) is -3.97. The number of sulfonamides is 1. The number of nitrogens with two attached hydrogens (primary N) is 1. The summed E-state index contributed by atoms with van der Waals surface area (Å²) in [6.07, 6.45) is 0. The van der Waals surface area contributed by atoms with Gasteiger partial charge in [0.05, 0.1) is 17.9 Å². The number of fused-ring (bicyclic) bond motifs is 2. The maximum absolute atomic E-state index is 13.5. The van der Waals surface area contributed by atoms with E-state index in [0.717, 1.165) is 16.3 Å². The zero-order chi connectivity index (χ0) is 26.2. The van der Waals surface area contributed by atoms with Crippen LogP contribution in [0, 0.1) is 0 Å². The summed E-state index contributed by atoms with van der Waals surface area (Å²) in [5.41, 5.74) is 5.14. The largest absolute Gasteiger partial charge is 0.330 e. The fourth-order valence-electron chi connectivity index (χ4n) is 4.14. The number of benzene rings is 4. The average Bonchev–Trinajstić information content (AvgIpc) is 3.12. The molecule has 0 bridgehead atoms. The van der Waals surface area contributed by atoms with Gasteiger partial charge in [-0.15, -0.1) is 0 Å². The Morgan fingerprint density at radius 1 is 0.973 bits per heavy atom. The minimum atomic E-state index is -3.97. The zero-order valence-electron chi connectivity index (χ0n) is 19.2. The van der Waals surface area contributed by atoms with Gasteiger partial charge in [0.2, 0.25) is 10.0 Å². The Hall–Kier alpha value is -3.83. The van der Waals surface area contributed by atoms with Gasteiger partial charge in [0, 0.05) is 10.6 Å². The van der Waals surface area contributed by atoms with Crippen molar-refractivity contribution in [2.24, 2.45) is 10.2 Å². The minimum Gasteiger partial charge on any atom is -0.330 e. The van der Waals surface area contributed by atoms with Crippen LogP contribution in [0.2, 0.25) is 5.02 Å². The Morgan fingerprint density at radius 2 is 1.70 bits per heavy atom. The van der Waals surface area contributed by atoms with Gasteiger partial charge in [-0.25, -0.2) is 13.6 Å². The van der Waals surface area contributed by atoms with Crippen LogP contribution in [-0.4, -0.2) is 25.1 Å². The van der Waals surface area contributed by atoms with Crippen LogP contribution in [0.3, 0.4) is 0 Å². The molecule has 1 amide bonds. The first-order valence-corrected chi connectivity index (χ1v) is 13.4. The normalized spacial score (nSPS) is 14.2. The van der Waals surface area contributed by atoms with Crippen molar-refractivity contribution >= 4 is 72.7 Å². The van der Waals surface area contributed by atoms with Crippen molar-refractivity contribution in [1.29, 1.82) is 0 Å². The fourth-order valence-corrected chi connectivity index (χ4v) is 5.16. The van der Waals surface area contributed by atoms with Gasteiger partial charge in [0.15, 0.2) is 10.8 Å². The first kappa shape index (κ1) is 24.8. The number of nitrogens with zero attached hydrogens (tertiary/aromatic N) is 2. The Balaban J connectivity index is 1.41. The topological polar surface area (TPSA) is 117 Å². The molecule has 5 rings (SSSR count). The van der Waals surface area contributed by atoms with Crippen LogP contribution in [0.4, 0.5) is 11.4 Å². The number of thiocarbonyl (C=S) groups is 1. The number of halogens is 1. The quantitative estimate of drug-likeness (QED) is 0.251. The van der Waals surface area contributed by atoms with Crippen molar-refractivity contribution in [2.75, 3.05) is 10.2 Å². The molecule has 4 aromatic rings. The van der Waals surface area contributed by atoms with Crippen molar-refractivity contribution in [2.45, 2.75) is 11.4 Å². The molecule has 37 heavy (non-hydrogen) atoms. The molecule has 0 aromatic heterocycles. The maximum Gasteiger partial charge on any atom is 0.279 e. The van der Waals surface area contributed by atoms with E-state index in [2.05, 4.69) is 15.8 Å². The number of primary sulfonamides is 1. The highest BCUT2D eigenvalue weighted by atomic mass is 35.5. The summed E-state index contributed by atoms with van der Waals surface area (Å²) < 4.78 is 23.7. The first-order chi connectivity index (χ1) is 17.7. The lowest BCUT2D eigenvalue weighted by Gasteiger charge is -2.17. The van der Waals surface area contributed by atoms with Gasteiger partial charge in [-0.3, -0.25) is 10.2 Å². The van der Waals surface area contributed by atoms with E-state index in [1.165, 1.54) is 12.1 Å². The monoisotopic (exact) mass is 549 g/mol. The Labute approximate surface area is 223 Å². The van der Waals surface area contributed by atoms with E-state index in [9.17, 15) is 13.2 Å². The maximum atomic E-state index is 13.5. The van der Waals surface area contributed by atoms with Gasteiger partial charge in [-0.2, -0.15) is 5.10 Å². The smallest absolute Gasteiger partial charge is 0.279 e. The van der Waals surface area contributed by atoms with Crippen molar-refractivity contribution in [3.05, 3.63) is 101 Å². The highest BCUT2D eigenvalue weighted by Gasteiger charge is 2.34. The van der Waals surface area contributed by atoms with Gasteiger partial charge in [0.1, 0.15) is 4.90 Å². The van der Waals surface area contributed by atoms with Gasteiger partial charge < -0.3 is 10.2 Å². The predicted molar refractivity (Wildman–Crippen MR) is 150 cm³/mol. The molecule has 0 radical (unpaired) electrons. The van der Waals surface area contributed by atoms with E-state index in [0.29, 0.717) is 22.8 Å². The Morgan fingerprint density at radius 3 is 2.49 bits per heavy atom. The standard InChI is InChI=1S/C26H20ClN5O3S2/c27-19-11-12-20-22(14-19)32(15-16-9-10-17-5-1-2-6-18(17)13-16)25(33)24(20)30-31-26(36)29-21-7-3-4-8-23(21)37(28,34)35/h1-14H,15H2,(H2,28,34,35)(H2,29,31,36). The van der Waals surface area contributed by atoms with Crippen LogP contribution in [0.25, 0.3) is 10.8 Å². The molecule has 1 aliphatic heterocycles. The van der Waals surface area contributed by atoms with Crippen molar-refractivity contribution in [3.63, 3.8) is 0 Å². The molecule has 0 fully saturated rings. The van der Waals surface area contributed by atoms with E-state index in [4.69, 9.17) is 29.0 Å². The van der Waals surface area contributed by atoms with Crippen molar-refractivity contribution in [3.8, 4) is 0 Å². The number of amides is 1. The van der Waals surface area contributed by atoms with Crippen LogP contribution < -0.4 is 20.8 Å². The van der Waals surface area contributed by atoms with Crippen molar-refractivity contribution in [1.82, 2.24) is 5.43 Å². The zero-order valence-corrected chi connectivity index (χ0v) is 21.6. The lowest BCUT2D eigenvalue weighted by Crippen LogP contribution is -2.32. The van der Waals surface area contributed by atoms with Crippen LogP contribution >= 0.6 is 23.8 Å². The number of para-hydroxylation sites is 1. The number of carbonyl (C=O) groups is 1. The molecule has 1 aliphatic rings. The highest BCUT2D eigenvalue weighted by molar-refractivity contribution is 7.89. The van der Waals surface area contributed by atoms with Gasteiger partial charge in [-0.1, -0.05) is 60.1 Å². The summed E-state index contributed by atoms with van der Waals surface area (Å²) in [5.74, 6) is -0.328. The third-order valence-electron chi connectivity index (χ3n) is 5.82. The predicted octanol–water partition coefficient (Wildman–Crippen LogP) is 4.38. The van der Waals surface area contributed by atoms with Crippen LogP contribution in [-0.2, 0) is 21.4 Å². The summed E-state index contributed by atoms with van der Waals surface area (Å²) >= 11 is 11.5. The van der Waals surface area contributed by atoms with Crippen LogP contribution in [0.1, 0.15) is 11.1 Å². The summed E-state index contributed by atoms with van der Waals surface area (Å²) in [4.78, 5) is 14.9. The Kier molecular flexibility index (Phi) is 6.65. The van der Waals surface area contributed by atoms with Gasteiger partial charge in [-0.05, 0) is 65.0 Å². The molecule has 0 atom stereocenters. The van der Waals surface area contributed by atoms with Gasteiger partial charge >= 0.3 is 0 Å². The molecular weight excluding hydrogens is 530 g/mol. The molecule has 11 heteroatoms. The van der Waals surface area contributed by atoms with Crippen LogP contribution in [0.5, 0.6) is 0 Å². The molecule has 1 heterocycles. The highest BCUT2D eigenvalue weighted by Crippen LogP contribution is 2.33. The molecule has 0 aliphatic carbocycles. The molecule has 0 saturated carbocycles. The summed E-state index contributed by atoms with van der Waals surface area (Å²) in [6, 6.07) is 25.2. The van der Waals surface area contributed by atoms with E-state index < -0.39 is 10.0 Å². The number of hydrogen-bond acceptors (Lipinski definition) is 5. The second-order valence-corrected chi connectivity index (χ2v) is 10.7. The molecule has 8 nitrogen and oxygen atoms in total. The lowest BCUT2D eigenvalue weighted by molar-refractivity contribution is -0.112. The molecule has 0 unspecified atom stereocenters. The number of hydrazone groups is 1. The molecule has 0 saturated heterocycles. The molecule has 4 N–H and O–H groups in total. The first-order valence-electron chi connectivity index (χ1n) is 11.1. The number of carbonyl (C=O) groups excluding carboxylic acids is 1. The molecule has 186 valence electrons. The van der Waals surface area contributed by atoms with Gasteiger partial charge in [0.25, 0.3) is 5.91 Å². The molecular formula is C26H20ClN5O3S2. The fraction of sp³-hybridized carbons (Fsp3) is 0.0385. The second-order valence-electron chi connectivity index (χ2n) is 8.30. The summed E-state index contributed by atoms with van der Waals surface area (Å²) in [5, 5.41) is 15.0. The minimum absolute atomic E-state index is 0.0140. The average molecular weight is 550 g/mol. The summed E-state index contributed by atoms with van der Waals surface area (Å²) in [6.45, 7) is 0.320. The van der Waals surface area contributed by atoms with E-state index >= 15 is 0 Å². The number of nitrogens with one attached hydrogen (secondary N) is 2. The number of anilines is 2. The van der Waals surface area contributed by atoms with E-state index in [1.807, 2.05) is 42.5 Å². The van der Waals surface area contributed by atoms with E-state index in [1.54, 1.807) is 35.2 Å². The third-order valence-corrected chi connectivity index (χ3v) is 7.22.